The van der Waals surface area contributed by atoms with E-state index in [1.165, 1.54) is 6.33 Å². The summed E-state index contributed by atoms with van der Waals surface area (Å²) in [6, 6.07) is 8.66. The molecule has 2 aliphatic rings. The van der Waals surface area contributed by atoms with Crippen molar-refractivity contribution in [2.75, 3.05) is 12.4 Å². The number of ether oxygens (including phenoxy) is 2. The number of allylic oxidation sites excluding steroid dienone is 2. The summed E-state index contributed by atoms with van der Waals surface area (Å²) in [5.74, 6) is 1.78. The topological polar surface area (TPSA) is 78.3 Å². The van der Waals surface area contributed by atoms with E-state index < -0.39 is 6.04 Å². The number of ketones is 1. The number of anilines is 1. The normalized spacial score (nSPS) is 17.3. The van der Waals surface area contributed by atoms with Gasteiger partial charge in [0.1, 0.15) is 19.0 Å². The van der Waals surface area contributed by atoms with Gasteiger partial charge in [-0.25, -0.2) is 4.68 Å². The molecule has 0 bridgehead atoms. The van der Waals surface area contributed by atoms with Crippen molar-refractivity contribution in [1.82, 2.24) is 14.8 Å². The summed E-state index contributed by atoms with van der Waals surface area (Å²) in [4.78, 5) is 17.2. The van der Waals surface area contributed by atoms with E-state index in [2.05, 4.69) is 31.3 Å². The Kier molecular flexibility index (Phi) is 6.07. The zero-order valence-corrected chi connectivity index (χ0v) is 20.7. The van der Waals surface area contributed by atoms with E-state index in [1.54, 1.807) is 23.9 Å². The Labute approximate surface area is 208 Å². The number of aromatic nitrogens is 3. The molecule has 1 aliphatic carbocycles. The largest absolute Gasteiger partial charge is 0.493 e. The molecule has 33 heavy (non-hydrogen) atoms. The van der Waals surface area contributed by atoms with Gasteiger partial charge in [-0.1, -0.05) is 29.3 Å². The number of nitrogens with one attached hydrogen (secondary N) is 1. The molecule has 0 spiro atoms. The fraction of sp³-hybridized carbons (Fsp3) is 0.261. The molecule has 2 heterocycles. The maximum Gasteiger partial charge on any atom is 0.226 e. The molecule has 1 atom stereocenters. The standard InChI is InChI=1S/C23H19BrCl2N4O3/c1-32-19-8-13(7-15(24)22(19)33-10-12-5-6-14(25)9-16(12)26)21-20-17(3-2-4-18(20)31)29-23-27-11-28-30(21)23/h5-9,11,21H,2-4,10H2,1H3,(H,27,28,29). The Morgan fingerprint density at radius 1 is 1.24 bits per heavy atom. The van der Waals surface area contributed by atoms with E-state index in [1.807, 2.05) is 18.2 Å². The SMILES string of the molecule is COc1cc(C2C3=C(CCCC3=O)Nc3ncnn32)cc(Br)c1OCc1ccc(Cl)cc1Cl. The second kappa shape index (κ2) is 9.00. The second-order valence-corrected chi connectivity index (χ2v) is 9.48. The molecule has 5 rings (SSSR count). The third-order valence-corrected chi connectivity index (χ3v) is 6.94. The third-order valence-electron chi connectivity index (χ3n) is 5.76. The maximum absolute atomic E-state index is 12.9. The summed E-state index contributed by atoms with van der Waals surface area (Å²) >= 11 is 15.9. The van der Waals surface area contributed by atoms with Crippen LogP contribution in [0.5, 0.6) is 11.5 Å². The number of hydrogen-bond acceptors (Lipinski definition) is 6. The molecule has 2 aromatic carbocycles. The van der Waals surface area contributed by atoms with Crippen LogP contribution in [0, 0.1) is 0 Å². The number of halogens is 3. The first kappa shape index (κ1) is 22.3. The van der Waals surface area contributed by atoms with Crippen LogP contribution in [0.15, 0.2) is 52.4 Å². The van der Waals surface area contributed by atoms with Gasteiger partial charge in [0.05, 0.1) is 11.6 Å². The van der Waals surface area contributed by atoms with Gasteiger partial charge in [0, 0.05) is 33.3 Å². The summed E-state index contributed by atoms with van der Waals surface area (Å²) in [7, 11) is 1.58. The molecule has 0 saturated heterocycles. The van der Waals surface area contributed by atoms with Crippen LogP contribution in [0.4, 0.5) is 5.95 Å². The first-order valence-corrected chi connectivity index (χ1v) is 11.9. The Balaban J connectivity index is 1.53. The summed E-state index contributed by atoms with van der Waals surface area (Å²) in [6.07, 6.45) is 3.62. The lowest BCUT2D eigenvalue weighted by atomic mass is 9.85. The molecule has 170 valence electrons. The van der Waals surface area contributed by atoms with Crippen LogP contribution < -0.4 is 14.8 Å². The number of methoxy groups -OCH3 is 1. The van der Waals surface area contributed by atoms with Crippen molar-refractivity contribution in [3.63, 3.8) is 0 Å². The molecule has 0 saturated carbocycles. The Morgan fingerprint density at radius 2 is 2.09 bits per heavy atom. The Bertz CT molecular complexity index is 1290. The minimum Gasteiger partial charge on any atom is -0.493 e. The van der Waals surface area contributed by atoms with Gasteiger partial charge in [0.2, 0.25) is 5.95 Å². The molecule has 10 heteroatoms. The maximum atomic E-state index is 12.9. The van der Waals surface area contributed by atoms with Crippen LogP contribution in [-0.2, 0) is 11.4 Å². The molecule has 1 aliphatic heterocycles. The lowest BCUT2D eigenvalue weighted by molar-refractivity contribution is -0.116. The fourth-order valence-electron chi connectivity index (χ4n) is 4.23. The summed E-state index contributed by atoms with van der Waals surface area (Å²) in [6.45, 7) is 0.235. The number of hydrogen-bond donors (Lipinski definition) is 1. The molecule has 0 fully saturated rings. The molecule has 1 aromatic heterocycles. The van der Waals surface area contributed by atoms with E-state index in [0.29, 0.717) is 38.4 Å². The number of carbonyl (C=O) groups is 1. The number of nitrogens with zero attached hydrogens (tertiary/aromatic N) is 3. The van der Waals surface area contributed by atoms with E-state index in [0.717, 1.165) is 35.2 Å². The van der Waals surface area contributed by atoms with Gasteiger partial charge >= 0.3 is 0 Å². The average Bonchev–Trinajstić information content (AvgIpc) is 3.26. The number of carbonyl (C=O) groups excluding carboxylic acids is 1. The number of benzene rings is 2. The van der Waals surface area contributed by atoms with Crippen molar-refractivity contribution < 1.29 is 14.3 Å². The molecule has 0 amide bonds. The van der Waals surface area contributed by atoms with Crippen molar-refractivity contribution in [3.8, 4) is 11.5 Å². The smallest absolute Gasteiger partial charge is 0.226 e. The van der Waals surface area contributed by atoms with Crippen molar-refractivity contribution in [3.05, 3.63) is 73.6 Å². The minimum atomic E-state index is -0.406. The first-order chi connectivity index (χ1) is 16.0. The minimum absolute atomic E-state index is 0.114. The van der Waals surface area contributed by atoms with E-state index in [9.17, 15) is 4.79 Å². The van der Waals surface area contributed by atoms with Gasteiger partial charge in [0.15, 0.2) is 17.3 Å². The Hall–Kier alpha value is -2.55. The summed E-state index contributed by atoms with van der Waals surface area (Å²) in [5.41, 5.74) is 3.26. The number of fused-ring (bicyclic) bond motifs is 1. The van der Waals surface area contributed by atoms with Crippen LogP contribution in [0.1, 0.15) is 36.4 Å². The first-order valence-electron chi connectivity index (χ1n) is 10.3. The Morgan fingerprint density at radius 3 is 2.88 bits per heavy atom. The van der Waals surface area contributed by atoms with Gasteiger partial charge in [-0.2, -0.15) is 10.1 Å². The average molecular weight is 550 g/mol. The zero-order valence-electron chi connectivity index (χ0n) is 17.6. The number of Topliss-reactive ketones (excluding diaryl/α,β-unsaturated/α-hetero) is 1. The highest BCUT2D eigenvalue weighted by molar-refractivity contribution is 9.10. The van der Waals surface area contributed by atoms with E-state index in [4.69, 9.17) is 32.7 Å². The third kappa shape index (κ3) is 4.11. The lowest BCUT2D eigenvalue weighted by Gasteiger charge is -2.32. The fourth-order valence-corrected chi connectivity index (χ4v) is 5.27. The quantitative estimate of drug-likeness (QED) is 0.423. The summed E-state index contributed by atoms with van der Waals surface area (Å²) < 4.78 is 14.1. The van der Waals surface area contributed by atoms with Crippen molar-refractivity contribution >= 4 is 50.9 Å². The van der Waals surface area contributed by atoms with Gasteiger partial charge in [0.25, 0.3) is 0 Å². The molecule has 0 radical (unpaired) electrons. The molecule has 3 aromatic rings. The highest BCUT2D eigenvalue weighted by Gasteiger charge is 2.36. The van der Waals surface area contributed by atoms with Crippen LogP contribution >= 0.6 is 39.1 Å². The van der Waals surface area contributed by atoms with E-state index >= 15 is 0 Å². The highest BCUT2D eigenvalue weighted by atomic mass is 79.9. The molecule has 1 unspecified atom stereocenters. The number of rotatable bonds is 5. The predicted molar refractivity (Wildman–Crippen MR) is 129 cm³/mol. The monoisotopic (exact) mass is 548 g/mol. The van der Waals surface area contributed by atoms with E-state index in [-0.39, 0.29) is 12.4 Å². The van der Waals surface area contributed by atoms with Crippen LogP contribution in [0.25, 0.3) is 0 Å². The van der Waals surface area contributed by atoms with Gasteiger partial charge in [-0.05, 0) is 58.6 Å². The predicted octanol–water partition coefficient (Wildman–Crippen LogP) is 5.96. The summed E-state index contributed by atoms with van der Waals surface area (Å²) in [5, 5.41) is 8.74. The van der Waals surface area contributed by atoms with Crippen LogP contribution in [0.2, 0.25) is 10.0 Å². The molecule has 1 N–H and O–H groups in total. The van der Waals surface area contributed by atoms with Crippen molar-refractivity contribution in [1.29, 1.82) is 0 Å². The van der Waals surface area contributed by atoms with Gasteiger partial charge < -0.3 is 14.8 Å². The van der Waals surface area contributed by atoms with Crippen molar-refractivity contribution in [2.45, 2.75) is 31.9 Å². The van der Waals surface area contributed by atoms with Gasteiger partial charge in [-0.3, -0.25) is 4.79 Å². The highest BCUT2D eigenvalue weighted by Crippen LogP contribution is 2.44. The van der Waals surface area contributed by atoms with Crippen molar-refractivity contribution in [2.24, 2.45) is 0 Å². The molecule has 7 nitrogen and oxygen atoms in total. The molecular formula is C23H19BrCl2N4O3. The van der Waals surface area contributed by atoms with Gasteiger partial charge in [-0.15, -0.1) is 0 Å². The molecular weight excluding hydrogens is 531 g/mol. The lowest BCUT2D eigenvalue weighted by Crippen LogP contribution is -2.31. The van der Waals surface area contributed by atoms with Crippen LogP contribution in [-0.4, -0.2) is 27.7 Å². The zero-order chi connectivity index (χ0) is 23.1. The second-order valence-electron chi connectivity index (χ2n) is 7.78. The van der Waals surface area contributed by atoms with Crippen LogP contribution in [0.3, 0.4) is 0 Å².